The van der Waals surface area contributed by atoms with Crippen molar-refractivity contribution in [3.8, 4) is 5.69 Å². The molecule has 0 spiro atoms. The summed E-state index contributed by atoms with van der Waals surface area (Å²) in [6, 6.07) is 14.7. The maximum atomic E-state index is 12.3. The minimum Gasteiger partial charge on any atom is -0.350 e. The van der Waals surface area contributed by atoms with Crippen LogP contribution in [0.1, 0.15) is 16.1 Å². The maximum absolute atomic E-state index is 12.3. The van der Waals surface area contributed by atoms with E-state index in [1.54, 1.807) is 41.5 Å². The molecule has 3 heterocycles. The van der Waals surface area contributed by atoms with Gasteiger partial charge in [0, 0.05) is 31.3 Å². The standard InChI is InChI=1S/C21H19N7O2/c29-20(23-12-16-5-3-6-18(11-16)28-10-4-9-24-28)15-27-14-17(13-25-27)26-21(30)19-7-1-2-8-22-19/h1-11,13-14H,12,15H2,(H,23,29)(H,26,30). The molecule has 0 aliphatic rings. The monoisotopic (exact) mass is 401 g/mol. The summed E-state index contributed by atoms with van der Waals surface area (Å²) in [5, 5.41) is 13.9. The first-order valence-electron chi connectivity index (χ1n) is 9.28. The van der Waals surface area contributed by atoms with E-state index in [9.17, 15) is 9.59 Å². The van der Waals surface area contributed by atoms with E-state index in [1.807, 2.05) is 36.5 Å². The smallest absolute Gasteiger partial charge is 0.274 e. The predicted molar refractivity (Wildman–Crippen MR) is 110 cm³/mol. The molecule has 30 heavy (non-hydrogen) atoms. The van der Waals surface area contributed by atoms with Gasteiger partial charge in [-0.1, -0.05) is 18.2 Å². The molecule has 0 saturated carbocycles. The minimum absolute atomic E-state index is 0.0400. The van der Waals surface area contributed by atoms with Crippen LogP contribution in [-0.2, 0) is 17.9 Å². The second-order valence-corrected chi connectivity index (χ2v) is 6.49. The number of amides is 2. The van der Waals surface area contributed by atoms with Crippen molar-refractivity contribution in [2.75, 3.05) is 5.32 Å². The Kier molecular flexibility index (Phi) is 5.61. The molecule has 4 aromatic rings. The molecular weight excluding hydrogens is 382 g/mol. The van der Waals surface area contributed by atoms with E-state index in [0.29, 0.717) is 17.9 Å². The summed E-state index contributed by atoms with van der Waals surface area (Å²) in [5.74, 6) is -0.526. The van der Waals surface area contributed by atoms with Gasteiger partial charge < -0.3 is 10.6 Å². The number of benzene rings is 1. The molecule has 1 aromatic carbocycles. The van der Waals surface area contributed by atoms with Gasteiger partial charge in [0.2, 0.25) is 5.91 Å². The largest absolute Gasteiger partial charge is 0.350 e. The van der Waals surface area contributed by atoms with Crippen LogP contribution in [0, 0.1) is 0 Å². The number of rotatable bonds is 7. The number of anilines is 1. The summed E-state index contributed by atoms with van der Waals surface area (Å²) >= 11 is 0. The van der Waals surface area contributed by atoms with Gasteiger partial charge >= 0.3 is 0 Å². The average Bonchev–Trinajstić information content (AvgIpc) is 3.46. The molecule has 2 N–H and O–H groups in total. The zero-order chi connectivity index (χ0) is 20.8. The molecule has 9 heteroatoms. The third-order valence-electron chi connectivity index (χ3n) is 4.26. The zero-order valence-corrected chi connectivity index (χ0v) is 16.0. The van der Waals surface area contributed by atoms with Gasteiger partial charge in [-0.2, -0.15) is 10.2 Å². The molecule has 2 amide bonds. The van der Waals surface area contributed by atoms with Gasteiger partial charge in [0.25, 0.3) is 5.91 Å². The zero-order valence-electron chi connectivity index (χ0n) is 16.0. The Balaban J connectivity index is 1.30. The Morgan fingerprint density at radius 3 is 2.73 bits per heavy atom. The Bertz CT molecular complexity index is 1140. The number of aromatic nitrogens is 5. The number of hydrogen-bond donors (Lipinski definition) is 2. The van der Waals surface area contributed by atoms with Crippen LogP contribution < -0.4 is 10.6 Å². The Hall–Kier alpha value is -4.27. The van der Waals surface area contributed by atoms with Crippen LogP contribution in [0.2, 0.25) is 0 Å². The van der Waals surface area contributed by atoms with E-state index in [2.05, 4.69) is 25.8 Å². The first-order chi connectivity index (χ1) is 14.7. The molecule has 3 aromatic heterocycles. The molecule has 150 valence electrons. The Morgan fingerprint density at radius 2 is 1.93 bits per heavy atom. The fourth-order valence-electron chi connectivity index (χ4n) is 2.84. The highest BCUT2D eigenvalue weighted by molar-refractivity contribution is 6.02. The van der Waals surface area contributed by atoms with Crippen LogP contribution in [0.5, 0.6) is 0 Å². The lowest BCUT2D eigenvalue weighted by molar-refractivity contribution is -0.122. The first-order valence-corrected chi connectivity index (χ1v) is 9.28. The van der Waals surface area contributed by atoms with Crippen molar-refractivity contribution in [1.82, 2.24) is 29.9 Å². The van der Waals surface area contributed by atoms with Gasteiger partial charge in [0.15, 0.2) is 0 Å². The Morgan fingerprint density at radius 1 is 1.00 bits per heavy atom. The molecule has 0 bridgehead atoms. The summed E-state index contributed by atoms with van der Waals surface area (Å²) < 4.78 is 3.22. The molecule has 0 unspecified atom stereocenters. The van der Waals surface area contributed by atoms with Gasteiger partial charge in [-0.15, -0.1) is 0 Å². The SMILES string of the molecule is O=C(Cn1cc(NC(=O)c2ccccn2)cn1)NCc1cccc(-n2cccn2)c1. The number of nitrogens with one attached hydrogen (secondary N) is 2. The van der Waals surface area contributed by atoms with E-state index < -0.39 is 0 Å². The topological polar surface area (TPSA) is 107 Å². The highest BCUT2D eigenvalue weighted by Gasteiger charge is 2.10. The lowest BCUT2D eigenvalue weighted by Gasteiger charge is -2.08. The van der Waals surface area contributed by atoms with Crippen molar-refractivity contribution >= 4 is 17.5 Å². The summed E-state index contributed by atoms with van der Waals surface area (Å²) in [6.07, 6.45) is 8.21. The number of nitrogens with zero attached hydrogens (tertiary/aromatic N) is 5. The molecule has 0 aliphatic carbocycles. The summed E-state index contributed by atoms with van der Waals surface area (Å²) in [5.41, 5.74) is 2.68. The second kappa shape index (κ2) is 8.82. The maximum Gasteiger partial charge on any atom is 0.274 e. The van der Waals surface area contributed by atoms with E-state index >= 15 is 0 Å². The molecule has 0 saturated heterocycles. The van der Waals surface area contributed by atoms with Crippen molar-refractivity contribution < 1.29 is 9.59 Å². The average molecular weight is 401 g/mol. The van der Waals surface area contributed by atoms with Gasteiger partial charge in [0.05, 0.1) is 17.6 Å². The number of pyridine rings is 1. The Labute approximate surface area is 172 Å². The van der Waals surface area contributed by atoms with E-state index in [0.717, 1.165) is 11.3 Å². The number of carbonyl (C=O) groups is 2. The lowest BCUT2D eigenvalue weighted by Crippen LogP contribution is -2.27. The van der Waals surface area contributed by atoms with Crippen LogP contribution in [0.3, 0.4) is 0 Å². The third-order valence-corrected chi connectivity index (χ3v) is 4.26. The number of hydrogen-bond acceptors (Lipinski definition) is 5. The molecular formula is C21H19N7O2. The minimum atomic E-state index is -0.336. The van der Waals surface area contributed by atoms with Crippen molar-refractivity contribution in [3.63, 3.8) is 0 Å². The summed E-state index contributed by atoms with van der Waals surface area (Å²) in [6.45, 7) is 0.427. The van der Waals surface area contributed by atoms with E-state index in [-0.39, 0.29) is 18.4 Å². The predicted octanol–water partition coefficient (Wildman–Crippen LogP) is 2.03. The number of carbonyl (C=O) groups excluding carboxylic acids is 2. The summed E-state index contributed by atoms with van der Waals surface area (Å²) in [4.78, 5) is 28.4. The van der Waals surface area contributed by atoms with Crippen LogP contribution >= 0.6 is 0 Å². The molecule has 0 radical (unpaired) electrons. The van der Waals surface area contributed by atoms with Crippen molar-refractivity contribution in [2.45, 2.75) is 13.1 Å². The van der Waals surface area contributed by atoms with Gasteiger partial charge in [-0.3, -0.25) is 19.3 Å². The van der Waals surface area contributed by atoms with Gasteiger partial charge in [0.1, 0.15) is 12.2 Å². The highest BCUT2D eigenvalue weighted by atomic mass is 16.2. The molecule has 0 aliphatic heterocycles. The highest BCUT2D eigenvalue weighted by Crippen LogP contribution is 2.10. The van der Waals surface area contributed by atoms with E-state index in [4.69, 9.17) is 0 Å². The fourth-order valence-corrected chi connectivity index (χ4v) is 2.84. The summed E-state index contributed by atoms with van der Waals surface area (Å²) in [7, 11) is 0. The van der Waals surface area contributed by atoms with Crippen LogP contribution in [0.4, 0.5) is 5.69 Å². The molecule has 0 atom stereocenters. The molecule has 4 rings (SSSR count). The van der Waals surface area contributed by atoms with Crippen molar-refractivity contribution in [2.24, 2.45) is 0 Å². The van der Waals surface area contributed by atoms with Crippen molar-refractivity contribution in [3.05, 3.63) is 90.8 Å². The van der Waals surface area contributed by atoms with Gasteiger partial charge in [-0.05, 0) is 35.9 Å². The molecule has 0 fully saturated rings. The third kappa shape index (κ3) is 4.76. The second-order valence-electron chi connectivity index (χ2n) is 6.49. The first kappa shape index (κ1) is 19.1. The fraction of sp³-hybridized carbons (Fsp3) is 0.0952. The van der Waals surface area contributed by atoms with Gasteiger partial charge in [-0.25, -0.2) is 4.68 Å². The lowest BCUT2D eigenvalue weighted by atomic mass is 10.2. The molecule has 9 nitrogen and oxygen atoms in total. The van der Waals surface area contributed by atoms with Crippen LogP contribution in [0.15, 0.2) is 79.5 Å². The van der Waals surface area contributed by atoms with Crippen molar-refractivity contribution in [1.29, 1.82) is 0 Å². The van der Waals surface area contributed by atoms with E-state index in [1.165, 1.54) is 10.9 Å². The quantitative estimate of drug-likeness (QED) is 0.493. The normalized spacial score (nSPS) is 10.5. The van der Waals surface area contributed by atoms with Crippen LogP contribution in [-0.4, -0.2) is 36.4 Å². The van der Waals surface area contributed by atoms with Crippen LogP contribution in [0.25, 0.3) is 5.69 Å².